The van der Waals surface area contributed by atoms with Crippen molar-refractivity contribution in [3.8, 4) is 0 Å². The topological polar surface area (TPSA) is 78.9 Å². The van der Waals surface area contributed by atoms with E-state index in [2.05, 4.69) is 5.32 Å². The molecule has 1 amide bonds. The second kappa shape index (κ2) is 6.92. The summed E-state index contributed by atoms with van der Waals surface area (Å²) < 4.78 is 5.43. The number of nitrogens with zero attached hydrogens (tertiary/aromatic N) is 1. The number of carboxylic acids is 1. The molecule has 0 aromatic rings. The number of carbonyl (C=O) groups excluding carboxylic acids is 1. The summed E-state index contributed by atoms with van der Waals surface area (Å²) >= 11 is 0. The van der Waals surface area contributed by atoms with E-state index >= 15 is 0 Å². The lowest BCUT2D eigenvalue weighted by Crippen LogP contribution is -2.54. The third-order valence-electron chi connectivity index (χ3n) is 3.33. The molecule has 6 heteroatoms. The number of aliphatic carboxylic acids is 1. The van der Waals surface area contributed by atoms with Crippen LogP contribution in [0.2, 0.25) is 0 Å². The van der Waals surface area contributed by atoms with Gasteiger partial charge in [-0.05, 0) is 47.0 Å². The molecule has 6 nitrogen and oxygen atoms in total. The van der Waals surface area contributed by atoms with Crippen LogP contribution in [0.15, 0.2) is 0 Å². The SMILES string of the molecule is CC(NCC(=O)O)C1CCCCN1C(=O)OC(C)(C)C. The molecule has 0 radical (unpaired) electrons. The van der Waals surface area contributed by atoms with Gasteiger partial charge in [-0.3, -0.25) is 4.79 Å². The maximum atomic E-state index is 12.2. The van der Waals surface area contributed by atoms with E-state index in [-0.39, 0.29) is 24.7 Å². The van der Waals surface area contributed by atoms with Gasteiger partial charge in [-0.25, -0.2) is 4.79 Å². The van der Waals surface area contributed by atoms with Crippen LogP contribution < -0.4 is 5.32 Å². The van der Waals surface area contributed by atoms with E-state index in [0.717, 1.165) is 19.3 Å². The first-order valence-corrected chi connectivity index (χ1v) is 7.15. The van der Waals surface area contributed by atoms with E-state index in [1.54, 1.807) is 4.90 Å². The van der Waals surface area contributed by atoms with Crippen molar-refractivity contribution in [1.82, 2.24) is 10.2 Å². The van der Waals surface area contributed by atoms with Crippen molar-refractivity contribution in [2.45, 2.75) is 64.6 Å². The van der Waals surface area contributed by atoms with Gasteiger partial charge in [0, 0.05) is 12.6 Å². The van der Waals surface area contributed by atoms with Crippen LogP contribution in [0.3, 0.4) is 0 Å². The molecule has 2 atom stereocenters. The predicted molar refractivity (Wildman–Crippen MR) is 75.7 cm³/mol. The summed E-state index contributed by atoms with van der Waals surface area (Å²) in [6.45, 7) is 8.01. The number of rotatable bonds is 4. The van der Waals surface area contributed by atoms with Crippen molar-refractivity contribution in [2.24, 2.45) is 0 Å². The number of ether oxygens (including phenoxy) is 1. The summed E-state index contributed by atoms with van der Waals surface area (Å²) in [5, 5.41) is 11.7. The van der Waals surface area contributed by atoms with Gasteiger partial charge in [-0.15, -0.1) is 0 Å². The monoisotopic (exact) mass is 286 g/mol. The van der Waals surface area contributed by atoms with Gasteiger partial charge < -0.3 is 20.1 Å². The Hall–Kier alpha value is -1.30. The minimum absolute atomic E-state index is 0.0158. The molecular formula is C14H26N2O4. The number of likely N-dealkylation sites (tertiary alicyclic amines) is 1. The highest BCUT2D eigenvalue weighted by atomic mass is 16.6. The molecule has 0 aromatic heterocycles. The Morgan fingerprint density at radius 3 is 2.60 bits per heavy atom. The van der Waals surface area contributed by atoms with Crippen molar-refractivity contribution in [2.75, 3.05) is 13.1 Å². The summed E-state index contributed by atoms with van der Waals surface area (Å²) in [5.41, 5.74) is -0.517. The van der Waals surface area contributed by atoms with Crippen LogP contribution in [0.25, 0.3) is 0 Å². The van der Waals surface area contributed by atoms with Gasteiger partial charge in [0.05, 0.1) is 12.6 Å². The van der Waals surface area contributed by atoms with Gasteiger partial charge in [-0.1, -0.05) is 0 Å². The van der Waals surface area contributed by atoms with Crippen LogP contribution in [0, 0.1) is 0 Å². The van der Waals surface area contributed by atoms with Crippen LogP contribution in [-0.2, 0) is 9.53 Å². The molecule has 2 N–H and O–H groups in total. The highest BCUT2D eigenvalue weighted by Crippen LogP contribution is 2.22. The second-order valence-electron chi connectivity index (χ2n) is 6.30. The number of hydrogen-bond donors (Lipinski definition) is 2. The fraction of sp³-hybridized carbons (Fsp3) is 0.857. The number of nitrogens with one attached hydrogen (secondary N) is 1. The normalized spacial score (nSPS) is 21.4. The average Bonchev–Trinajstić information content (AvgIpc) is 2.33. The van der Waals surface area contributed by atoms with Crippen molar-refractivity contribution >= 4 is 12.1 Å². The largest absolute Gasteiger partial charge is 0.480 e. The Balaban J connectivity index is 2.66. The second-order valence-corrected chi connectivity index (χ2v) is 6.30. The maximum Gasteiger partial charge on any atom is 0.410 e. The molecule has 1 saturated heterocycles. The molecule has 0 spiro atoms. The molecule has 2 unspecified atom stereocenters. The van der Waals surface area contributed by atoms with Gasteiger partial charge in [0.25, 0.3) is 0 Å². The van der Waals surface area contributed by atoms with Crippen molar-refractivity contribution in [3.05, 3.63) is 0 Å². The summed E-state index contributed by atoms with van der Waals surface area (Å²) in [4.78, 5) is 24.6. The molecule has 116 valence electrons. The Kier molecular flexibility index (Phi) is 5.80. The molecule has 0 aliphatic carbocycles. The predicted octanol–water partition coefficient (Wildman–Crippen LogP) is 1.84. The van der Waals surface area contributed by atoms with E-state index in [0.29, 0.717) is 6.54 Å². The molecule has 0 saturated carbocycles. The van der Waals surface area contributed by atoms with E-state index in [9.17, 15) is 9.59 Å². The molecular weight excluding hydrogens is 260 g/mol. The Morgan fingerprint density at radius 2 is 2.05 bits per heavy atom. The van der Waals surface area contributed by atoms with Crippen molar-refractivity contribution in [1.29, 1.82) is 0 Å². The Labute approximate surface area is 120 Å². The zero-order chi connectivity index (χ0) is 15.3. The number of hydrogen-bond acceptors (Lipinski definition) is 4. The summed E-state index contributed by atoms with van der Waals surface area (Å²) in [7, 11) is 0. The van der Waals surface area contributed by atoms with Crippen LogP contribution in [0.1, 0.15) is 47.0 Å². The lowest BCUT2D eigenvalue weighted by Gasteiger charge is -2.39. The fourth-order valence-electron chi connectivity index (χ4n) is 2.41. The van der Waals surface area contributed by atoms with Crippen molar-refractivity contribution in [3.63, 3.8) is 0 Å². The highest BCUT2D eigenvalue weighted by molar-refractivity contribution is 5.69. The molecule has 0 bridgehead atoms. The highest BCUT2D eigenvalue weighted by Gasteiger charge is 2.33. The molecule has 1 aliphatic heterocycles. The minimum atomic E-state index is -0.892. The van der Waals surface area contributed by atoms with E-state index in [1.807, 2.05) is 27.7 Å². The number of carboxylic acid groups (broad SMARTS) is 1. The number of carbonyl (C=O) groups is 2. The standard InChI is InChI=1S/C14H26N2O4/c1-10(15-9-12(17)18)11-7-5-6-8-16(11)13(19)20-14(2,3)4/h10-11,15H,5-9H2,1-4H3,(H,17,18). The van der Waals surface area contributed by atoms with E-state index < -0.39 is 11.6 Å². The van der Waals surface area contributed by atoms with E-state index in [1.165, 1.54) is 0 Å². The lowest BCUT2D eigenvalue weighted by molar-refractivity contribution is -0.136. The summed E-state index contributed by atoms with van der Waals surface area (Å²) in [6, 6.07) is -0.0862. The first-order valence-electron chi connectivity index (χ1n) is 7.15. The molecule has 20 heavy (non-hydrogen) atoms. The zero-order valence-electron chi connectivity index (χ0n) is 12.8. The fourth-order valence-corrected chi connectivity index (χ4v) is 2.41. The van der Waals surface area contributed by atoms with Crippen LogP contribution in [0.4, 0.5) is 4.79 Å². The first kappa shape index (κ1) is 16.8. The van der Waals surface area contributed by atoms with Crippen LogP contribution >= 0.6 is 0 Å². The van der Waals surface area contributed by atoms with Crippen molar-refractivity contribution < 1.29 is 19.4 Å². The van der Waals surface area contributed by atoms with Crippen LogP contribution in [-0.4, -0.2) is 52.8 Å². The first-order chi connectivity index (χ1) is 9.20. The average molecular weight is 286 g/mol. The van der Waals surface area contributed by atoms with Gasteiger partial charge in [0.2, 0.25) is 0 Å². The van der Waals surface area contributed by atoms with E-state index in [4.69, 9.17) is 9.84 Å². The molecule has 1 fully saturated rings. The molecule has 0 aromatic carbocycles. The number of piperidine rings is 1. The maximum absolute atomic E-state index is 12.2. The van der Waals surface area contributed by atoms with Gasteiger partial charge in [0.15, 0.2) is 0 Å². The molecule has 1 aliphatic rings. The van der Waals surface area contributed by atoms with Crippen LogP contribution in [0.5, 0.6) is 0 Å². The lowest BCUT2D eigenvalue weighted by atomic mass is 9.97. The van der Waals surface area contributed by atoms with Gasteiger partial charge >= 0.3 is 12.1 Å². The third kappa shape index (κ3) is 5.36. The molecule has 1 rings (SSSR count). The minimum Gasteiger partial charge on any atom is -0.480 e. The summed E-state index contributed by atoms with van der Waals surface area (Å²) in [5.74, 6) is -0.892. The number of amides is 1. The van der Waals surface area contributed by atoms with Gasteiger partial charge in [0.1, 0.15) is 5.60 Å². The smallest absolute Gasteiger partial charge is 0.410 e. The molecule has 1 heterocycles. The zero-order valence-corrected chi connectivity index (χ0v) is 12.8. The quantitative estimate of drug-likeness (QED) is 0.824. The van der Waals surface area contributed by atoms with Gasteiger partial charge in [-0.2, -0.15) is 0 Å². The summed E-state index contributed by atoms with van der Waals surface area (Å²) in [6.07, 6.45) is 2.56. The Morgan fingerprint density at radius 1 is 1.40 bits per heavy atom. The Bertz CT molecular complexity index is 352. The third-order valence-corrected chi connectivity index (χ3v) is 3.33.